The van der Waals surface area contributed by atoms with Crippen molar-refractivity contribution < 1.29 is 14.3 Å². The van der Waals surface area contributed by atoms with Gasteiger partial charge in [-0.3, -0.25) is 14.7 Å². The highest BCUT2D eigenvalue weighted by Crippen LogP contribution is 2.41. The summed E-state index contributed by atoms with van der Waals surface area (Å²) in [5, 5.41) is 0. The van der Waals surface area contributed by atoms with E-state index in [1.165, 1.54) is 0 Å². The fraction of sp³-hybridized carbons (Fsp3) is 0.739. The highest BCUT2D eigenvalue weighted by molar-refractivity contribution is 5.77. The lowest BCUT2D eigenvalue weighted by Crippen LogP contribution is -2.52. The van der Waals surface area contributed by atoms with Gasteiger partial charge in [-0.1, -0.05) is 0 Å². The second-order valence-electron chi connectivity index (χ2n) is 9.23. The number of pyridine rings is 1. The van der Waals surface area contributed by atoms with Gasteiger partial charge in [-0.05, 0) is 64.5 Å². The lowest BCUT2D eigenvalue weighted by molar-refractivity contribution is -0.141. The summed E-state index contributed by atoms with van der Waals surface area (Å²) in [4.78, 5) is 21.8. The minimum Gasteiger partial charge on any atom is -0.496 e. The topological polar surface area (TPSA) is 54.9 Å². The second-order valence-corrected chi connectivity index (χ2v) is 9.23. The molecule has 29 heavy (non-hydrogen) atoms. The molecule has 160 valence electrons. The van der Waals surface area contributed by atoms with Crippen molar-refractivity contribution in [2.75, 3.05) is 39.9 Å². The van der Waals surface area contributed by atoms with Crippen LogP contribution < -0.4 is 4.74 Å². The van der Waals surface area contributed by atoms with E-state index in [1.54, 1.807) is 7.11 Å². The van der Waals surface area contributed by atoms with Crippen LogP contribution >= 0.6 is 0 Å². The maximum Gasteiger partial charge on any atom is 0.222 e. The molecule has 0 saturated carbocycles. The third kappa shape index (κ3) is 4.43. The van der Waals surface area contributed by atoms with Crippen molar-refractivity contribution in [3.63, 3.8) is 0 Å². The minimum absolute atomic E-state index is 0.250. The van der Waals surface area contributed by atoms with Crippen LogP contribution in [0.4, 0.5) is 0 Å². The van der Waals surface area contributed by atoms with Crippen molar-refractivity contribution in [3.05, 3.63) is 23.0 Å². The molecule has 0 aliphatic carbocycles. The van der Waals surface area contributed by atoms with Gasteiger partial charge < -0.3 is 14.4 Å². The van der Waals surface area contributed by atoms with Crippen LogP contribution in [0.25, 0.3) is 0 Å². The van der Waals surface area contributed by atoms with E-state index in [-0.39, 0.29) is 11.5 Å². The van der Waals surface area contributed by atoms with Gasteiger partial charge in [0.05, 0.1) is 18.9 Å². The van der Waals surface area contributed by atoms with Crippen LogP contribution in [0.5, 0.6) is 5.75 Å². The van der Waals surface area contributed by atoms with E-state index >= 15 is 0 Å². The Balaban J connectivity index is 1.35. The number of carbonyl (C=O) groups is 1. The fourth-order valence-electron chi connectivity index (χ4n) is 5.34. The zero-order valence-corrected chi connectivity index (χ0v) is 18.2. The molecule has 6 heteroatoms. The molecule has 3 aliphatic heterocycles. The van der Waals surface area contributed by atoms with Crippen LogP contribution in [-0.2, 0) is 16.1 Å². The first-order valence-electron chi connectivity index (χ1n) is 11.1. The molecule has 3 saturated heterocycles. The van der Waals surface area contributed by atoms with E-state index in [4.69, 9.17) is 9.47 Å². The van der Waals surface area contributed by atoms with Gasteiger partial charge in [-0.2, -0.15) is 0 Å². The number of ether oxygens (including phenoxy) is 2. The van der Waals surface area contributed by atoms with E-state index in [0.29, 0.717) is 12.3 Å². The average molecular weight is 402 g/mol. The Morgan fingerprint density at radius 3 is 2.76 bits per heavy atom. The first-order valence-corrected chi connectivity index (χ1v) is 11.1. The number of nitrogens with zero attached hydrogens (tertiary/aromatic N) is 3. The Kier molecular flexibility index (Phi) is 6.11. The molecule has 3 fully saturated rings. The zero-order chi connectivity index (χ0) is 20.4. The van der Waals surface area contributed by atoms with E-state index in [2.05, 4.69) is 21.7 Å². The van der Waals surface area contributed by atoms with Crippen molar-refractivity contribution in [2.45, 2.75) is 65.0 Å². The number of amides is 1. The molecule has 1 aromatic heterocycles. The van der Waals surface area contributed by atoms with E-state index in [9.17, 15) is 4.79 Å². The quantitative estimate of drug-likeness (QED) is 0.759. The summed E-state index contributed by atoms with van der Waals surface area (Å²) in [5.74, 6) is 1.28. The van der Waals surface area contributed by atoms with Gasteiger partial charge in [0.15, 0.2) is 0 Å². The molecule has 0 aromatic carbocycles. The lowest BCUT2D eigenvalue weighted by Gasteiger charge is -2.47. The number of aryl methyl sites for hydroxylation is 1. The predicted octanol–water partition coefficient (Wildman–Crippen LogP) is 3.09. The molecule has 1 spiro atoms. The Labute approximate surface area is 174 Å². The minimum atomic E-state index is 0.250. The van der Waals surface area contributed by atoms with Crippen LogP contribution in [0.1, 0.15) is 55.3 Å². The van der Waals surface area contributed by atoms with Crippen LogP contribution in [0.2, 0.25) is 0 Å². The van der Waals surface area contributed by atoms with Crippen molar-refractivity contribution in [2.24, 2.45) is 5.41 Å². The zero-order valence-electron chi connectivity index (χ0n) is 18.2. The largest absolute Gasteiger partial charge is 0.496 e. The van der Waals surface area contributed by atoms with Crippen molar-refractivity contribution >= 4 is 5.91 Å². The molecule has 6 nitrogen and oxygen atoms in total. The number of methoxy groups -OCH3 is 1. The summed E-state index contributed by atoms with van der Waals surface area (Å²) >= 11 is 0. The summed E-state index contributed by atoms with van der Waals surface area (Å²) in [6, 6.07) is 0. The van der Waals surface area contributed by atoms with Gasteiger partial charge in [-0.15, -0.1) is 0 Å². The smallest absolute Gasteiger partial charge is 0.222 e. The van der Waals surface area contributed by atoms with Gasteiger partial charge in [0.2, 0.25) is 5.91 Å². The van der Waals surface area contributed by atoms with E-state index in [1.807, 2.05) is 13.1 Å². The van der Waals surface area contributed by atoms with Gasteiger partial charge in [0, 0.05) is 50.0 Å². The number of hydrogen-bond donors (Lipinski definition) is 0. The maximum absolute atomic E-state index is 12.5. The summed E-state index contributed by atoms with van der Waals surface area (Å²) in [5.41, 5.74) is 3.64. The van der Waals surface area contributed by atoms with E-state index < -0.39 is 0 Å². The molecule has 3 aliphatic rings. The Morgan fingerprint density at radius 1 is 1.28 bits per heavy atom. The van der Waals surface area contributed by atoms with Crippen LogP contribution in [0.3, 0.4) is 0 Å². The molecule has 1 aromatic rings. The molecular formula is C23H35N3O3. The number of rotatable bonds is 5. The van der Waals surface area contributed by atoms with E-state index in [0.717, 1.165) is 94.0 Å². The number of hydrogen-bond acceptors (Lipinski definition) is 5. The van der Waals surface area contributed by atoms with Gasteiger partial charge in [-0.25, -0.2) is 0 Å². The third-order valence-corrected chi connectivity index (χ3v) is 7.24. The lowest BCUT2D eigenvalue weighted by atomic mass is 9.72. The molecule has 0 radical (unpaired) electrons. The fourth-order valence-corrected chi connectivity index (χ4v) is 5.34. The summed E-state index contributed by atoms with van der Waals surface area (Å²) < 4.78 is 11.3. The first-order chi connectivity index (χ1) is 14.0. The average Bonchev–Trinajstić information content (AvgIpc) is 3.22. The van der Waals surface area contributed by atoms with Crippen LogP contribution in [0, 0.1) is 19.3 Å². The number of likely N-dealkylation sites (tertiary alicyclic amines) is 2. The summed E-state index contributed by atoms with van der Waals surface area (Å²) in [6.45, 7) is 9.71. The SMILES string of the molecule is COc1c(C)cnc(CN2CCC3(CCC(=O)N(CC4CCCO4)C3)CC2)c1C. The Morgan fingerprint density at radius 2 is 2.07 bits per heavy atom. The summed E-state index contributed by atoms with van der Waals surface area (Å²) in [7, 11) is 1.73. The number of aromatic nitrogens is 1. The highest BCUT2D eigenvalue weighted by atomic mass is 16.5. The van der Waals surface area contributed by atoms with Crippen molar-refractivity contribution in [1.82, 2.24) is 14.8 Å². The molecule has 4 heterocycles. The second kappa shape index (κ2) is 8.60. The molecule has 1 unspecified atom stereocenters. The molecule has 0 bridgehead atoms. The standard InChI is InChI=1S/C23H35N3O3/c1-17-13-24-20(18(2)22(17)28-3)15-25-10-8-23(9-11-25)7-6-21(27)26(16-23)14-19-5-4-12-29-19/h13,19H,4-12,14-16H2,1-3H3. The number of carbonyl (C=O) groups excluding carboxylic acids is 1. The number of piperidine rings is 2. The molecule has 4 rings (SSSR count). The summed E-state index contributed by atoms with van der Waals surface area (Å²) in [6.07, 6.45) is 8.44. The molecule has 1 atom stereocenters. The molecular weight excluding hydrogens is 366 g/mol. The van der Waals surface area contributed by atoms with Gasteiger partial charge >= 0.3 is 0 Å². The maximum atomic E-state index is 12.5. The van der Waals surface area contributed by atoms with Gasteiger partial charge in [0.25, 0.3) is 0 Å². The Hall–Kier alpha value is -1.66. The van der Waals surface area contributed by atoms with Crippen molar-refractivity contribution in [1.29, 1.82) is 0 Å². The van der Waals surface area contributed by atoms with Gasteiger partial charge in [0.1, 0.15) is 5.75 Å². The molecule has 0 N–H and O–H groups in total. The van der Waals surface area contributed by atoms with Crippen LogP contribution in [0.15, 0.2) is 6.20 Å². The normalized spacial score (nSPS) is 25.0. The Bertz CT molecular complexity index is 737. The molecule has 1 amide bonds. The third-order valence-electron chi connectivity index (χ3n) is 7.24. The first kappa shape index (κ1) is 20.6. The predicted molar refractivity (Wildman–Crippen MR) is 112 cm³/mol. The van der Waals surface area contributed by atoms with Crippen molar-refractivity contribution in [3.8, 4) is 5.75 Å². The monoisotopic (exact) mass is 401 g/mol. The highest BCUT2D eigenvalue weighted by Gasteiger charge is 2.41. The van der Waals surface area contributed by atoms with Crippen LogP contribution in [-0.4, -0.2) is 66.7 Å².